The highest BCUT2D eigenvalue weighted by molar-refractivity contribution is 6.00. The molecule has 2 amide bonds. The van der Waals surface area contributed by atoms with E-state index in [0.717, 1.165) is 12.0 Å². The first-order valence-electron chi connectivity index (χ1n) is 8.35. The van der Waals surface area contributed by atoms with Crippen LogP contribution in [0, 0.1) is 5.82 Å². The Morgan fingerprint density at radius 3 is 2.60 bits per heavy atom. The molecular weight excluding hydrogens is 321 g/mol. The molecule has 0 saturated carbocycles. The van der Waals surface area contributed by atoms with E-state index in [1.54, 1.807) is 41.6 Å². The van der Waals surface area contributed by atoms with Gasteiger partial charge < -0.3 is 10.2 Å². The third kappa shape index (κ3) is 2.67. The molecule has 25 heavy (non-hydrogen) atoms. The Bertz CT molecular complexity index is 809. The largest absolute Gasteiger partial charge is 0.338 e. The maximum Gasteiger partial charge on any atom is 0.236 e. The number of aromatic nitrogens is 1. The van der Waals surface area contributed by atoms with Gasteiger partial charge in [-0.1, -0.05) is 12.1 Å². The minimum atomic E-state index is -0.863. The molecule has 2 aromatic rings. The summed E-state index contributed by atoms with van der Waals surface area (Å²) >= 11 is 0. The Morgan fingerprint density at radius 1 is 1.20 bits per heavy atom. The van der Waals surface area contributed by atoms with E-state index in [0.29, 0.717) is 25.1 Å². The van der Waals surface area contributed by atoms with Gasteiger partial charge in [0, 0.05) is 37.1 Å². The molecule has 2 atom stereocenters. The number of hydrogen-bond acceptors (Lipinski definition) is 3. The minimum absolute atomic E-state index is 0.0701. The standard InChI is InChI=1S/C19H18FN3O2/c20-14-3-1-13(2-4-14)19(11-16-5-6-17(24)23(16)12-19)18(25)22-15-7-9-21-10-8-15/h1-4,7-10,16H,5-6,11-12H2,(H,21,22,25). The summed E-state index contributed by atoms with van der Waals surface area (Å²) in [4.78, 5) is 31.1. The number of hydrogen-bond donors (Lipinski definition) is 1. The second kappa shape index (κ2) is 5.95. The van der Waals surface area contributed by atoms with Gasteiger partial charge in [0.15, 0.2) is 0 Å². The highest BCUT2D eigenvalue weighted by atomic mass is 19.1. The molecule has 6 heteroatoms. The van der Waals surface area contributed by atoms with Crippen molar-refractivity contribution in [3.63, 3.8) is 0 Å². The van der Waals surface area contributed by atoms with Gasteiger partial charge in [-0.25, -0.2) is 4.39 Å². The van der Waals surface area contributed by atoms with Crippen LogP contribution in [0.15, 0.2) is 48.8 Å². The van der Waals surface area contributed by atoms with E-state index in [9.17, 15) is 14.0 Å². The quantitative estimate of drug-likeness (QED) is 0.934. The fourth-order valence-corrected chi connectivity index (χ4v) is 3.94. The van der Waals surface area contributed by atoms with Crippen LogP contribution in [-0.2, 0) is 15.0 Å². The number of halogens is 1. The summed E-state index contributed by atoms with van der Waals surface area (Å²) < 4.78 is 13.4. The Labute approximate surface area is 144 Å². The summed E-state index contributed by atoms with van der Waals surface area (Å²) in [5, 5.41) is 2.93. The smallest absolute Gasteiger partial charge is 0.236 e. The first-order valence-corrected chi connectivity index (χ1v) is 8.35. The average Bonchev–Trinajstić information content (AvgIpc) is 3.16. The topological polar surface area (TPSA) is 62.3 Å². The van der Waals surface area contributed by atoms with Crippen LogP contribution in [0.25, 0.3) is 0 Å². The molecular formula is C19H18FN3O2. The zero-order chi connectivity index (χ0) is 17.4. The number of anilines is 1. The molecule has 5 nitrogen and oxygen atoms in total. The SMILES string of the molecule is O=C1CCC2CC(C(=O)Nc3ccncc3)(c3ccc(F)cc3)CN12. The van der Waals surface area contributed by atoms with Crippen LogP contribution in [-0.4, -0.2) is 34.3 Å². The molecule has 1 aromatic heterocycles. The van der Waals surface area contributed by atoms with E-state index in [4.69, 9.17) is 0 Å². The van der Waals surface area contributed by atoms with Crippen LogP contribution in [0.3, 0.4) is 0 Å². The van der Waals surface area contributed by atoms with Crippen molar-refractivity contribution in [3.8, 4) is 0 Å². The van der Waals surface area contributed by atoms with Crippen LogP contribution in [0.2, 0.25) is 0 Å². The van der Waals surface area contributed by atoms with E-state index >= 15 is 0 Å². The summed E-state index contributed by atoms with van der Waals surface area (Å²) in [5.74, 6) is -0.429. The summed E-state index contributed by atoms with van der Waals surface area (Å²) in [6.45, 7) is 0.332. The van der Waals surface area contributed by atoms with Gasteiger partial charge in [0.25, 0.3) is 0 Å². The molecule has 4 rings (SSSR count). The van der Waals surface area contributed by atoms with Crippen LogP contribution in [0.4, 0.5) is 10.1 Å². The maximum absolute atomic E-state index is 13.4. The van der Waals surface area contributed by atoms with Crippen molar-refractivity contribution in [2.75, 3.05) is 11.9 Å². The van der Waals surface area contributed by atoms with Crippen molar-refractivity contribution < 1.29 is 14.0 Å². The number of nitrogens with zero attached hydrogens (tertiary/aromatic N) is 2. The molecule has 2 fully saturated rings. The molecule has 1 aromatic carbocycles. The first kappa shape index (κ1) is 15.7. The Hall–Kier alpha value is -2.76. The average molecular weight is 339 g/mol. The number of carbonyl (C=O) groups excluding carboxylic acids is 2. The van der Waals surface area contributed by atoms with Crippen molar-refractivity contribution in [1.82, 2.24) is 9.88 Å². The zero-order valence-corrected chi connectivity index (χ0v) is 13.6. The number of carbonyl (C=O) groups is 2. The molecule has 2 unspecified atom stereocenters. The number of rotatable bonds is 3. The van der Waals surface area contributed by atoms with Crippen molar-refractivity contribution in [2.24, 2.45) is 0 Å². The summed E-state index contributed by atoms with van der Waals surface area (Å²) in [6, 6.07) is 9.53. The molecule has 3 heterocycles. The Morgan fingerprint density at radius 2 is 1.92 bits per heavy atom. The van der Waals surface area contributed by atoms with Crippen molar-refractivity contribution in [1.29, 1.82) is 0 Å². The molecule has 1 N–H and O–H groups in total. The first-order chi connectivity index (χ1) is 12.1. The molecule has 2 aliphatic heterocycles. The molecule has 2 aliphatic rings. The van der Waals surface area contributed by atoms with E-state index in [1.165, 1.54) is 12.1 Å². The highest BCUT2D eigenvalue weighted by Gasteiger charge is 2.53. The van der Waals surface area contributed by atoms with Gasteiger partial charge in [0.2, 0.25) is 11.8 Å². The molecule has 0 aliphatic carbocycles. The van der Waals surface area contributed by atoms with Gasteiger partial charge in [-0.2, -0.15) is 0 Å². The summed E-state index contributed by atoms with van der Waals surface area (Å²) in [6.07, 6.45) is 5.08. The second-order valence-corrected chi connectivity index (χ2v) is 6.70. The van der Waals surface area contributed by atoms with Crippen LogP contribution >= 0.6 is 0 Å². The van der Waals surface area contributed by atoms with Gasteiger partial charge >= 0.3 is 0 Å². The number of amides is 2. The molecule has 128 valence electrons. The fourth-order valence-electron chi connectivity index (χ4n) is 3.94. The molecule has 0 radical (unpaired) electrons. The minimum Gasteiger partial charge on any atom is -0.338 e. The number of pyridine rings is 1. The third-order valence-electron chi connectivity index (χ3n) is 5.25. The Kier molecular flexibility index (Phi) is 3.75. The number of nitrogens with one attached hydrogen (secondary N) is 1. The maximum atomic E-state index is 13.4. The van der Waals surface area contributed by atoms with Crippen molar-refractivity contribution in [3.05, 3.63) is 60.2 Å². The van der Waals surface area contributed by atoms with Gasteiger partial charge in [-0.05, 0) is 42.7 Å². The molecule has 0 bridgehead atoms. The highest BCUT2D eigenvalue weighted by Crippen LogP contribution is 2.43. The van der Waals surface area contributed by atoms with Gasteiger partial charge in [0.05, 0.1) is 5.41 Å². The lowest BCUT2D eigenvalue weighted by Gasteiger charge is -2.29. The zero-order valence-electron chi connectivity index (χ0n) is 13.6. The summed E-state index contributed by atoms with van der Waals surface area (Å²) in [5.41, 5.74) is 0.528. The number of benzene rings is 1. The lowest BCUT2D eigenvalue weighted by Crippen LogP contribution is -2.43. The molecule has 2 saturated heterocycles. The lowest BCUT2D eigenvalue weighted by molar-refractivity contribution is -0.128. The van der Waals surface area contributed by atoms with E-state index in [-0.39, 0.29) is 23.7 Å². The number of fused-ring (bicyclic) bond motifs is 1. The monoisotopic (exact) mass is 339 g/mol. The normalized spacial score (nSPS) is 25.1. The lowest BCUT2D eigenvalue weighted by atomic mass is 9.77. The predicted octanol–water partition coefficient (Wildman–Crippen LogP) is 2.49. The second-order valence-electron chi connectivity index (χ2n) is 6.70. The van der Waals surface area contributed by atoms with Gasteiger partial charge in [0.1, 0.15) is 5.82 Å². The van der Waals surface area contributed by atoms with Crippen LogP contribution < -0.4 is 5.32 Å². The fraction of sp³-hybridized carbons (Fsp3) is 0.316. The van der Waals surface area contributed by atoms with Crippen LogP contribution in [0.1, 0.15) is 24.8 Å². The van der Waals surface area contributed by atoms with E-state index in [2.05, 4.69) is 10.3 Å². The Balaban J connectivity index is 1.70. The van der Waals surface area contributed by atoms with Gasteiger partial charge in [-0.15, -0.1) is 0 Å². The molecule has 0 spiro atoms. The van der Waals surface area contributed by atoms with Crippen molar-refractivity contribution >= 4 is 17.5 Å². The predicted molar refractivity (Wildman–Crippen MR) is 90.3 cm³/mol. The van der Waals surface area contributed by atoms with E-state index in [1.807, 2.05) is 0 Å². The van der Waals surface area contributed by atoms with Crippen molar-refractivity contribution in [2.45, 2.75) is 30.7 Å². The summed E-state index contributed by atoms with van der Waals surface area (Å²) in [7, 11) is 0. The van der Waals surface area contributed by atoms with E-state index < -0.39 is 5.41 Å². The third-order valence-corrected chi connectivity index (χ3v) is 5.25. The van der Waals surface area contributed by atoms with Gasteiger partial charge in [-0.3, -0.25) is 14.6 Å². The van der Waals surface area contributed by atoms with Crippen LogP contribution in [0.5, 0.6) is 0 Å².